The highest BCUT2D eigenvalue weighted by molar-refractivity contribution is 7.20. The van der Waals surface area contributed by atoms with E-state index in [4.69, 9.17) is 0 Å². The molecule has 0 saturated carbocycles. The normalized spacial score (nSPS) is 11.1. The summed E-state index contributed by atoms with van der Waals surface area (Å²) >= 11 is 1.47. The maximum atomic E-state index is 12.7. The highest BCUT2D eigenvalue weighted by Gasteiger charge is 2.17. The minimum Gasteiger partial charge on any atom is -0.351 e. The van der Waals surface area contributed by atoms with E-state index >= 15 is 0 Å². The van der Waals surface area contributed by atoms with Gasteiger partial charge >= 0.3 is 0 Å². The molecule has 1 amide bonds. The summed E-state index contributed by atoms with van der Waals surface area (Å²) in [5.74, 6) is -0.0596. The molecule has 6 nitrogen and oxygen atoms in total. The second-order valence-electron chi connectivity index (χ2n) is 7.30. The number of aromatic nitrogens is 4. The highest BCUT2D eigenvalue weighted by Crippen LogP contribution is 2.30. The van der Waals surface area contributed by atoms with E-state index < -0.39 is 0 Å². The average molecular weight is 428 g/mol. The van der Waals surface area contributed by atoms with Gasteiger partial charge < -0.3 is 5.32 Å². The Kier molecular flexibility index (Phi) is 5.09. The first kappa shape index (κ1) is 19.3. The molecule has 1 N–H and O–H groups in total. The molecule has 3 heterocycles. The fourth-order valence-electron chi connectivity index (χ4n) is 3.52. The number of hydrogen-bond acceptors (Lipinski definition) is 4. The number of thiophene rings is 1. The molecule has 0 aliphatic rings. The van der Waals surface area contributed by atoms with Crippen LogP contribution < -0.4 is 5.32 Å². The lowest BCUT2D eigenvalue weighted by Gasteiger charge is -2.03. The molecule has 0 saturated heterocycles. The number of nitrogens with one attached hydrogen (secondary N) is 1. The Bertz CT molecular complexity index is 1330. The Morgan fingerprint density at radius 3 is 2.48 bits per heavy atom. The number of carbonyl (C=O) groups is 1. The molecule has 7 heteroatoms. The zero-order chi connectivity index (χ0) is 21.2. The fraction of sp³-hybridized carbons (Fsp3) is 0.125. The lowest BCUT2D eigenvalue weighted by molar-refractivity contribution is 0.0958. The molecule has 2 aromatic carbocycles. The Hall–Kier alpha value is -3.71. The van der Waals surface area contributed by atoms with Gasteiger partial charge in [0.15, 0.2) is 0 Å². The minimum absolute atomic E-state index is 0.0596. The lowest BCUT2D eigenvalue weighted by atomic mass is 10.2. The van der Waals surface area contributed by atoms with Crippen LogP contribution in [0.15, 0.2) is 79.1 Å². The van der Waals surface area contributed by atoms with Crippen molar-refractivity contribution >= 4 is 27.5 Å². The number of nitrogens with zero attached hydrogens (tertiary/aromatic N) is 4. The van der Waals surface area contributed by atoms with Gasteiger partial charge in [-0.15, -0.1) is 11.3 Å². The maximum Gasteiger partial charge on any atom is 0.261 e. The molecule has 0 atom stereocenters. The summed E-state index contributed by atoms with van der Waals surface area (Å²) in [7, 11) is 0. The van der Waals surface area contributed by atoms with Crippen LogP contribution in [0.25, 0.3) is 21.6 Å². The average Bonchev–Trinajstić information content (AvgIpc) is 3.52. The molecule has 0 aliphatic carbocycles. The Balaban J connectivity index is 1.26. The number of aryl methyl sites for hydroxylation is 1. The largest absolute Gasteiger partial charge is 0.351 e. The van der Waals surface area contributed by atoms with Gasteiger partial charge in [0.05, 0.1) is 28.1 Å². The molecule has 0 radical (unpaired) electrons. The molecule has 0 aliphatic heterocycles. The van der Waals surface area contributed by atoms with E-state index in [9.17, 15) is 4.79 Å². The highest BCUT2D eigenvalue weighted by atomic mass is 32.1. The summed E-state index contributed by atoms with van der Waals surface area (Å²) in [6.45, 7) is 2.53. The number of hydrogen-bond donors (Lipinski definition) is 1. The molecule has 154 valence electrons. The van der Waals surface area contributed by atoms with Crippen LogP contribution in [-0.4, -0.2) is 32.0 Å². The predicted octanol–water partition coefficient (Wildman–Crippen LogP) is 4.55. The molecule has 0 fully saturated rings. The smallest absolute Gasteiger partial charge is 0.261 e. The van der Waals surface area contributed by atoms with Crippen LogP contribution in [0.5, 0.6) is 0 Å². The van der Waals surface area contributed by atoms with Gasteiger partial charge in [-0.2, -0.15) is 10.2 Å². The molecule has 5 aromatic rings. The van der Waals surface area contributed by atoms with Crippen LogP contribution in [0.3, 0.4) is 0 Å². The molecule has 0 spiro atoms. The van der Waals surface area contributed by atoms with Crippen molar-refractivity contribution in [3.05, 3.63) is 95.3 Å². The lowest BCUT2D eigenvalue weighted by Crippen LogP contribution is -2.24. The van der Waals surface area contributed by atoms with Crippen LogP contribution in [0, 0.1) is 6.92 Å². The van der Waals surface area contributed by atoms with Crippen LogP contribution in [0.4, 0.5) is 0 Å². The van der Waals surface area contributed by atoms with Crippen molar-refractivity contribution in [2.45, 2.75) is 13.3 Å². The van der Waals surface area contributed by atoms with Gasteiger partial charge in [0, 0.05) is 18.1 Å². The van der Waals surface area contributed by atoms with E-state index in [-0.39, 0.29) is 5.91 Å². The third-order valence-electron chi connectivity index (χ3n) is 5.13. The zero-order valence-corrected chi connectivity index (χ0v) is 17.8. The second-order valence-corrected chi connectivity index (χ2v) is 8.33. The third-order valence-corrected chi connectivity index (χ3v) is 6.23. The van der Waals surface area contributed by atoms with E-state index in [1.807, 2.05) is 95.4 Å². The van der Waals surface area contributed by atoms with Gasteiger partial charge in [-0.05, 0) is 49.2 Å². The molecule has 0 unspecified atom stereocenters. The third kappa shape index (κ3) is 3.87. The van der Waals surface area contributed by atoms with Crippen LogP contribution in [0.2, 0.25) is 0 Å². The van der Waals surface area contributed by atoms with Gasteiger partial charge in [0.1, 0.15) is 4.83 Å². The number of carbonyl (C=O) groups excluding carboxylic acids is 1. The number of amides is 1. The summed E-state index contributed by atoms with van der Waals surface area (Å²) in [5.41, 5.74) is 4.01. The summed E-state index contributed by atoms with van der Waals surface area (Å²) < 4.78 is 3.76. The Morgan fingerprint density at radius 1 is 1.03 bits per heavy atom. The molecule has 3 aromatic heterocycles. The van der Waals surface area contributed by atoms with Crippen molar-refractivity contribution in [3.63, 3.8) is 0 Å². The van der Waals surface area contributed by atoms with E-state index in [1.54, 1.807) is 0 Å². The van der Waals surface area contributed by atoms with Gasteiger partial charge in [-0.3, -0.25) is 4.79 Å². The monoisotopic (exact) mass is 427 g/mol. The first-order chi connectivity index (χ1) is 15.2. The van der Waals surface area contributed by atoms with Crippen molar-refractivity contribution in [2.75, 3.05) is 6.54 Å². The van der Waals surface area contributed by atoms with Gasteiger partial charge in [0.25, 0.3) is 5.91 Å². The van der Waals surface area contributed by atoms with Gasteiger partial charge in [-0.1, -0.05) is 36.4 Å². The fourth-order valence-corrected chi connectivity index (χ4v) is 4.62. The number of benzene rings is 2. The molecule has 5 rings (SSSR count). The van der Waals surface area contributed by atoms with E-state index in [2.05, 4.69) is 15.5 Å². The topological polar surface area (TPSA) is 64.7 Å². The molecular weight excluding hydrogens is 406 g/mol. The zero-order valence-electron chi connectivity index (χ0n) is 17.0. The standard InChI is InChI=1S/C24H21N5OS/c1-17-21-14-22(31-24(21)29(27-17)20-10-6-3-7-11-20)23(30)25-13-12-18-15-26-28(16-18)19-8-4-2-5-9-19/h2-11,14-16H,12-13H2,1H3,(H,25,30). The van der Waals surface area contributed by atoms with Crippen molar-refractivity contribution in [1.29, 1.82) is 0 Å². The van der Waals surface area contributed by atoms with E-state index in [0.717, 1.165) is 39.3 Å². The maximum absolute atomic E-state index is 12.7. The molecular formula is C24H21N5OS. The summed E-state index contributed by atoms with van der Waals surface area (Å²) in [4.78, 5) is 14.4. The summed E-state index contributed by atoms with van der Waals surface area (Å²) in [6.07, 6.45) is 4.56. The van der Waals surface area contributed by atoms with Crippen LogP contribution in [-0.2, 0) is 6.42 Å². The van der Waals surface area contributed by atoms with E-state index in [0.29, 0.717) is 11.4 Å². The molecule has 0 bridgehead atoms. The second kappa shape index (κ2) is 8.20. The number of fused-ring (bicyclic) bond motifs is 1. The minimum atomic E-state index is -0.0596. The Labute approximate surface area is 183 Å². The Morgan fingerprint density at radius 2 is 1.74 bits per heavy atom. The SMILES string of the molecule is Cc1nn(-c2ccccc2)c2sc(C(=O)NCCc3cnn(-c4ccccc4)c3)cc12. The van der Waals surface area contributed by atoms with Crippen molar-refractivity contribution < 1.29 is 4.79 Å². The predicted molar refractivity (Wildman–Crippen MR) is 123 cm³/mol. The van der Waals surface area contributed by atoms with Crippen LogP contribution >= 0.6 is 11.3 Å². The van der Waals surface area contributed by atoms with Crippen molar-refractivity contribution in [3.8, 4) is 11.4 Å². The first-order valence-electron chi connectivity index (χ1n) is 10.1. The van der Waals surface area contributed by atoms with E-state index in [1.165, 1.54) is 11.3 Å². The number of para-hydroxylation sites is 2. The van der Waals surface area contributed by atoms with Crippen molar-refractivity contribution in [1.82, 2.24) is 24.9 Å². The van der Waals surface area contributed by atoms with Crippen molar-refractivity contribution in [2.24, 2.45) is 0 Å². The quantitative estimate of drug-likeness (QED) is 0.432. The summed E-state index contributed by atoms with van der Waals surface area (Å²) in [6, 6.07) is 21.9. The number of rotatable bonds is 6. The molecule has 31 heavy (non-hydrogen) atoms. The van der Waals surface area contributed by atoms with Gasteiger partial charge in [0.2, 0.25) is 0 Å². The first-order valence-corrected chi connectivity index (χ1v) is 10.9. The summed E-state index contributed by atoms with van der Waals surface area (Å²) in [5, 5.41) is 13.1. The van der Waals surface area contributed by atoms with Crippen LogP contribution in [0.1, 0.15) is 20.9 Å². The van der Waals surface area contributed by atoms with Gasteiger partial charge in [-0.25, -0.2) is 9.36 Å².